The van der Waals surface area contributed by atoms with Crippen molar-refractivity contribution in [1.82, 2.24) is 9.80 Å². The molecule has 4 rings (SSSR count). The number of nitrogens with zero attached hydrogens (tertiary/aromatic N) is 3. The molecule has 0 aliphatic carbocycles. The van der Waals surface area contributed by atoms with Crippen LogP contribution >= 0.6 is 0 Å². The van der Waals surface area contributed by atoms with Crippen molar-refractivity contribution in [3.63, 3.8) is 0 Å². The quantitative estimate of drug-likeness (QED) is 0.476. The highest BCUT2D eigenvalue weighted by atomic mass is 16.5. The van der Waals surface area contributed by atoms with Gasteiger partial charge in [0.05, 0.1) is 30.1 Å². The molecule has 1 aromatic carbocycles. The van der Waals surface area contributed by atoms with E-state index in [0.29, 0.717) is 25.8 Å². The minimum atomic E-state index is -1.15. The average molecular weight is 524 g/mol. The van der Waals surface area contributed by atoms with Crippen molar-refractivity contribution in [2.75, 3.05) is 31.6 Å². The molecule has 0 aromatic heterocycles. The Balaban J connectivity index is 1.87. The normalized spacial score (nSPS) is 30.2. The maximum absolute atomic E-state index is 14.6. The van der Waals surface area contributed by atoms with E-state index in [9.17, 15) is 19.5 Å². The van der Waals surface area contributed by atoms with Crippen LogP contribution in [0.4, 0.5) is 5.69 Å². The number of carbonyl (C=O) groups excluding carboxylic acids is 3. The summed E-state index contributed by atoms with van der Waals surface area (Å²) in [4.78, 5) is 47.4. The van der Waals surface area contributed by atoms with Crippen LogP contribution in [0.5, 0.6) is 0 Å². The van der Waals surface area contributed by atoms with Crippen molar-refractivity contribution >= 4 is 23.4 Å². The summed E-state index contributed by atoms with van der Waals surface area (Å²) in [5, 5.41) is 10.3. The van der Waals surface area contributed by atoms with E-state index < -0.39 is 35.1 Å². The molecular formula is C30H41N3O5. The first-order valence-electron chi connectivity index (χ1n) is 13.5. The Morgan fingerprint density at radius 1 is 1.21 bits per heavy atom. The summed E-state index contributed by atoms with van der Waals surface area (Å²) >= 11 is 0. The lowest BCUT2D eigenvalue weighted by atomic mass is 9.66. The lowest BCUT2D eigenvalue weighted by Crippen LogP contribution is -2.59. The van der Waals surface area contributed by atoms with Crippen LogP contribution in [0.15, 0.2) is 43.5 Å². The van der Waals surface area contributed by atoms with Crippen LogP contribution in [0.2, 0.25) is 0 Å². The summed E-state index contributed by atoms with van der Waals surface area (Å²) in [6.07, 6.45) is 4.83. The van der Waals surface area contributed by atoms with Crippen molar-refractivity contribution in [1.29, 1.82) is 0 Å². The molecule has 38 heavy (non-hydrogen) atoms. The average Bonchev–Trinajstić information content (AvgIpc) is 3.45. The van der Waals surface area contributed by atoms with E-state index in [1.54, 1.807) is 29.0 Å². The highest BCUT2D eigenvalue weighted by Crippen LogP contribution is 2.64. The fourth-order valence-electron chi connectivity index (χ4n) is 6.94. The van der Waals surface area contributed by atoms with Gasteiger partial charge in [0, 0.05) is 25.8 Å². The second-order valence-corrected chi connectivity index (χ2v) is 11.3. The molecule has 8 heteroatoms. The summed E-state index contributed by atoms with van der Waals surface area (Å²) in [5.74, 6) is -2.29. The molecule has 1 N–H and O–H groups in total. The highest BCUT2D eigenvalue weighted by molar-refractivity contribution is 6.05. The molecular weight excluding hydrogens is 482 g/mol. The van der Waals surface area contributed by atoms with Gasteiger partial charge in [-0.2, -0.15) is 0 Å². The van der Waals surface area contributed by atoms with Crippen molar-refractivity contribution in [3.05, 3.63) is 54.6 Å². The van der Waals surface area contributed by atoms with E-state index >= 15 is 0 Å². The van der Waals surface area contributed by atoms with Crippen molar-refractivity contribution in [2.45, 2.75) is 70.2 Å². The van der Waals surface area contributed by atoms with Gasteiger partial charge in [0.1, 0.15) is 11.6 Å². The molecule has 1 spiro atoms. The molecule has 3 fully saturated rings. The summed E-state index contributed by atoms with van der Waals surface area (Å²) in [6, 6.07) is 4.38. The molecule has 3 heterocycles. The number of aliphatic hydroxyl groups excluding tert-OH is 1. The molecule has 0 radical (unpaired) electrons. The predicted molar refractivity (Wildman–Crippen MR) is 147 cm³/mol. The number of ether oxygens (including phenoxy) is 1. The van der Waals surface area contributed by atoms with E-state index in [-0.39, 0.29) is 30.9 Å². The first-order valence-corrected chi connectivity index (χ1v) is 13.5. The molecule has 3 saturated heterocycles. The second-order valence-electron chi connectivity index (χ2n) is 11.3. The minimum absolute atomic E-state index is 0.185. The maximum atomic E-state index is 14.6. The predicted octanol–water partition coefficient (Wildman–Crippen LogP) is 3.00. The third-order valence-electron chi connectivity index (χ3n) is 8.80. The van der Waals surface area contributed by atoms with Crippen molar-refractivity contribution in [3.8, 4) is 0 Å². The van der Waals surface area contributed by atoms with Gasteiger partial charge in [0.15, 0.2) is 0 Å². The Kier molecular flexibility index (Phi) is 7.60. The van der Waals surface area contributed by atoms with Gasteiger partial charge >= 0.3 is 0 Å². The Hall–Kier alpha value is -2.97. The number of fused-ring (bicyclic) bond motifs is 1. The van der Waals surface area contributed by atoms with Gasteiger partial charge in [-0.15, -0.1) is 13.2 Å². The smallest absolute Gasteiger partial charge is 0.253 e. The van der Waals surface area contributed by atoms with Gasteiger partial charge in [-0.1, -0.05) is 31.2 Å². The van der Waals surface area contributed by atoms with Crippen LogP contribution < -0.4 is 4.90 Å². The van der Waals surface area contributed by atoms with E-state index in [0.717, 1.165) is 16.8 Å². The number of aliphatic hydroxyl groups is 1. The molecule has 206 valence electrons. The first kappa shape index (κ1) is 28.0. The van der Waals surface area contributed by atoms with E-state index in [2.05, 4.69) is 13.2 Å². The number of benzene rings is 1. The van der Waals surface area contributed by atoms with Gasteiger partial charge in [0.2, 0.25) is 11.8 Å². The zero-order valence-electron chi connectivity index (χ0n) is 23.3. The summed E-state index contributed by atoms with van der Waals surface area (Å²) in [5.41, 5.74) is 0.661. The molecule has 6 atom stereocenters. The molecule has 8 nitrogen and oxygen atoms in total. The summed E-state index contributed by atoms with van der Waals surface area (Å²) < 4.78 is 6.73. The summed E-state index contributed by atoms with van der Waals surface area (Å²) in [6.45, 7) is 15.6. The molecule has 3 aliphatic rings. The van der Waals surface area contributed by atoms with Gasteiger partial charge in [-0.05, 0) is 57.2 Å². The number of rotatable bonds is 10. The first-order chi connectivity index (χ1) is 18.0. The number of likely N-dealkylation sites (N-methyl/N-ethyl adjacent to an activating group) is 1. The SMILES string of the molecule is C=CCN(C)C(=O)[C@H]1[C@H]2C(=O)N([C@@H](CC)CO)C(C(=O)N(CC=C)c3cc(C)ccc3C)C23CC[C@]1(C)O3. The molecule has 0 saturated carbocycles. The molecule has 1 aromatic rings. The van der Waals surface area contributed by atoms with Crippen LogP contribution in [-0.4, -0.2) is 82.7 Å². The molecule has 2 bridgehead atoms. The van der Waals surface area contributed by atoms with Crippen LogP contribution in [0.3, 0.4) is 0 Å². The lowest BCUT2D eigenvalue weighted by molar-refractivity contribution is -0.151. The molecule has 3 amide bonds. The topological polar surface area (TPSA) is 90.4 Å². The zero-order chi connectivity index (χ0) is 28.0. The highest BCUT2D eigenvalue weighted by Gasteiger charge is 2.78. The maximum Gasteiger partial charge on any atom is 0.253 e. The van der Waals surface area contributed by atoms with Crippen molar-refractivity contribution in [2.24, 2.45) is 11.8 Å². The number of hydrogen-bond acceptors (Lipinski definition) is 5. The summed E-state index contributed by atoms with van der Waals surface area (Å²) in [7, 11) is 1.70. The van der Waals surface area contributed by atoms with Crippen LogP contribution in [-0.2, 0) is 19.1 Å². The fraction of sp³-hybridized carbons (Fsp3) is 0.567. The largest absolute Gasteiger partial charge is 0.394 e. The fourth-order valence-corrected chi connectivity index (χ4v) is 6.94. The van der Waals surface area contributed by atoms with Gasteiger partial charge < -0.3 is 24.5 Å². The van der Waals surface area contributed by atoms with Crippen molar-refractivity contribution < 1.29 is 24.2 Å². The van der Waals surface area contributed by atoms with Crippen LogP contribution in [0, 0.1) is 25.7 Å². The van der Waals surface area contributed by atoms with Gasteiger partial charge in [-0.25, -0.2) is 0 Å². The standard InChI is InChI=1S/C30H41N3O5/c1-8-15-31(7)26(35)23-24-27(36)33(21(10-3)18-34)25(30(24)14-13-29(23,6)38-30)28(37)32(16-9-2)22-17-19(4)11-12-20(22)5/h8-9,11-12,17,21,23-25,34H,1-2,10,13-16,18H2,3-7H3/t21-,23+,24-,25?,29-,30?/m0/s1. The lowest BCUT2D eigenvalue weighted by Gasteiger charge is -2.39. The molecule has 3 aliphatic heterocycles. The zero-order valence-corrected chi connectivity index (χ0v) is 23.3. The third kappa shape index (κ3) is 4.09. The number of carbonyl (C=O) groups is 3. The number of anilines is 1. The number of aryl methyl sites for hydroxylation is 2. The Bertz CT molecular complexity index is 1150. The number of likely N-dealkylation sites (tertiary alicyclic amines) is 1. The Labute approximate surface area is 225 Å². The van der Waals surface area contributed by atoms with Gasteiger partial charge in [0.25, 0.3) is 5.91 Å². The van der Waals surface area contributed by atoms with Gasteiger partial charge in [-0.3, -0.25) is 14.4 Å². The third-order valence-corrected chi connectivity index (χ3v) is 8.80. The minimum Gasteiger partial charge on any atom is -0.394 e. The Morgan fingerprint density at radius 2 is 1.89 bits per heavy atom. The second kappa shape index (κ2) is 10.3. The van der Waals surface area contributed by atoms with E-state index in [1.807, 2.05) is 45.9 Å². The number of hydrogen-bond donors (Lipinski definition) is 1. The van der Waals surface area contributed by atoms with Crippen LogP contribution in [0.1, 0.15) is 44.2 Å². The number of amides is 3. The van der Waals surface area contributed by atoms with Crippen LogP contribution in [0.25, 0.3) is 0 Å². The molecule has 2 unspecified atom stereocenters. The monoisotopic (exact) mass is 523 g/mol. The Morgan fingerprint density at radius 3 is 2.50 bits per heavy atom. The van der Waals surface area contributed by atoms with E-state index in [1.165, 1.54) is 4.90 Å². The van der Waals surface area contributed by atoms with E-state index in [4.69, 9.17) is 4.74 Å².